The van der Waals surface area contributed by atoms with E-state index < -0.39 is 6.10 Å². The number of aromatic nitrogens is 1. The minimum Gasteiger partial charge on any atom is -0.387 e. The zero-order chi connectivity index (χ0) is 19.8. The normalized spacial score (nSPS) is 11.9. The van der Waals surface area contributed by atoms with Gasteiger partial charge >= 0.3 is 0 Å². The predicted octanol–water partition coefficient (Wildman–Crippen LogP) is 3.50. The first-order chi connectivity index (χ1) is 13.6. The van der Waals surface area contributed by atoms with Crippen LogP contribution < -0.4 is 10.6 Å². The lowest BCUT2D eigenvalue weighted by atomic mass is 10.1. The highest BCUT2D eigenvalue weighted by Gasteiger charge is 2.08. The largest absolute Gasteiger partial charge is 0.387 e. The Morgan fingerprint density at radius 3 is 2.57 bits per heavy atom. The van der Waals surface area contributed by atoms with Crippen LogP contribution in [0.5, 0.6) is 0 Å². The maximum absolute atomic E-state index is 12.1. The molecule has 0 aliphatic rings. The Morgan fingerprint density at radius 1 is 1.14 bits per heavy atom. The first-order valence-electron chi connectivity index (χ1n) is 9.33. The summed E-state index contributed by atoms with van der Waals surface area (Å²) in [7, 11) is 0. The number of amides is 1. The molecule has 0 spiro atoms. The van der Waals surface area contributed by atoms with E-state index in [4.69, 9.17) is 0 Å². The van der Waals surface area contributed by atoms with Crippen molar-refractivity contribution in [2.45, 2.75) is 25.9 Å². The van der Waals surface area contributed by atoms with E-state index >= 15 is 0 Å². The lowest BCUT2D eigenvalue weighted by Crippen LogP contribution is -2.23. The number of aryl methyl sites for hydroxylation is 1. The minimum atomic E-state index is -0.500. The van der Waals surface area contributed by atoms with Gasteiger partial charge in [0.15, 0.2) is 0 Å². The van der Waals surface area contributed by atoms with E-state index in [-0.39, 0.29) is 5.91 Å². The summed E-state index contributed by atoms with van der Waals surface area (Å²) < 4.78 is 0. The maximum atomic E-state index is 12.1. The Balaban J connectivity index is 1.38. The van der Waals surface area contributed by atoms with Crippen LogP contribution in [0.15, 0.2) is 60.0 Å². The second kappa shape index (κ2) is 10.1. The van der Waals surface area contributed by atoms with Gasteiger partial charge in [-0.05, 0) is 43.1 Å². The van der Waals surface area contributed by atoms with Gasteiger partial charge in [0.05, 0.1) is 23.2 Å². The molecule has 3 aromatic rings. The number of benzene rings is 2. The van der Waals surface area contributed by atoms with Gasteiger partial charge in [-0.15, -0.1) is 11.3 Å². The molecule has 0 saturated heterocycles. The van der Waals surface area contributed by atoms with Gasteiger partial charge in [-0.2, -0.15) is 0 Å². The van der Waals surface area contributed by atoms with Crippen molar-refractivity contribution in [2.24, 2.45) is 0 Å². The first-order valence-corrected chi connectivity index (χ1v) is 10.2. The second-order valence-corrected chi connectivity index (χ2v) is 7.72. The number of hydrogen-bond acceptors (Lipinski definition) is 5. The summed E-state index contributed by atoms with van der Waals surface area (Å²) in [5, 5.41) is 19.2. The van der Waals surface area contributed by atoms with Gasteiger partial charge in [-0.1, -0.05) is 42.5 Å². The molecule has 5 nitrogen and oxygen atoms in total. The SMILES string of the molecule is Cc1nc(CC(=O)Nc2ccc(CCNCC(O)c3ccccc3)cc2)cs1. The first kappa shape index (κ1) is 20.2. The molecular weight excluding hydrogens is 370 g/mol. The quantitative estimate of drug-likeness (QED) is 0.485. The van der Waals surface area contributed by atoms with Crippen molar-refractivity contribution in [3.8, 4) is 0 Å². The van der Waals surface area contributed by atoms with Crippen LogP contribution in [-0.4, -0.2) is 29.1 Å². The molecule has 2 aromatic carbocycles. The van der Waals surface area contributed by atoms with Gasteiger partial charge in [0.25, 0.3) is 0 Å². The van der Waals surface area contributed by atoms with E-state index in [9.17, 15) is 9.90 Å². The fourth-order valence-electron chi connectivity index (χ4n) is 2.88. The third-order valence-corrected chi connectivity index (χ3v) is 5.18. The minimum absolute atomic E-state index is 0.0605. The van der Waals surface area contributed by atoms with Gasteiger partial charge in [-0.25, -0.2) is 4.98 Å². The predicted molar refractivity (Wildman–Crippen MR) is 114 cm³/mol. The number of rotatable bonds is 9. The maximum Gasteiger partial charge on any atom is 0.230 e. The van der Waals surface area contributed by atoms with Gasteiger partial charge in [0.2, 0.25) is 5.91 Å². The zero-order valence-corrected chi connectivity index (χ0v) is 16.7. The smallest absolute Gasteiger partial charge is 0.230 e. The van der Waals surface area contributed by atoms with Crippen molar-refractivity contribution in [2.75, 3.05) is 18.4 Å². The molecule has 0 aliphatic heterocycles. The Kier molecular flexibility index (Phi) is 7.31. The van der Waals surface area contributed by atoms with Crippen molar-refractivity contribution in [3.63, 3.8) is 0 Å². The summed E-state index contributed by atoms with van der Waals surface area (Å²) in [6.45, 7) is 3.23. The number of carbonyl (C=O) groups is 1. The van der Waals surface area contributed by atoms with Crippen LogP contribution in [0, 0.1) is 6.92 Å². The van der Waals surface area contributed by atoms with Crippen LogP contribution in [0.2, 0.25) is 0 Å². The van der Waals surface area contributed by atoms with Crippen molar-refractivity contribution in [3.05, 3.63) is 81.8 Å². The van der Waals surface area contributed by atoms with Crippen molar-refractivity contribution < 1.29 is 9.90 Å². The Hall–Kier alpha value is -2.54. The highest BCUT2D eigenvalue weighted by Crippen LogP contribution is 2.13. The summed E-state index contributed by atoms with van der Waals surface area (Å²) in [5.74, 6) is -0.0605. The molecule has 0 aliphatic carbocycles. The van der Waals surface area contributed by atoms with Gasteiger partial charge in [-0.3, -0.25) is 4.79 Å². The second-order valence-electron chi connectivity index (χ2n) is 6.66. The number of aliphatic hydroxyl groups excluding tert-OH is 1. The van der Waals surface area contributed by atoms with Crippen LogP contribution in [-0.2, 0) is 17.6 Å². The average molecular weight is 396 g/mol. The number of anilines is 1. The number of aliphatic hydroxyl groups is 1. The van der Waals surface area contributed by atoms with Gasteiger partial charge in [0.1, 0.15) is 0 Å². The Morgan fingerprint density at radius 2 is 1.89 bits per heavy atom. The third-order valence-electron chi connectivity index (χ3n) is 4.36. The number of carbonyl (C=O) groups excluding carboxylic acids is 1. The van der Waals surface area contributed by atoms with E-state index in [0.717, 1.165) is 34.9 Å². The van der Waals surface area contributed by atoms with Crippen LogP contribution in [0.25, 0.3) is 0 Å². The molecule has 146 valence electrons. The molecule has 0 saturated carbocycles. The summed E-state index contributed by atoms with van der Waals surface area (Å²) in [4.78, 5) is 16.4. The van der Waals surface area contributed by atoms with E-state index in [1.807, 2.05) is 66.9 Å². The van der Waals surface area contributed by atoms with Gasteiger partial charge in [0, 0.05) is 17.6 Å². The highest BCUT2D eigenvalue weighted by molar-refractivity contribution is 7.09. The molecular formula is C22H25N3O2S. The lowest BCUT2D eigenvalue weighted by molar-refractivity contribution is -0.115. The summed E-state index contributed by atoms with van der Waals surface area (Å²) in [6, 6.07) is 17.5. The topological polar surface area (TPSA) is 74.2 Å². The number of nitrogens with zero attached hydrogens (tertiary/aromatic N) is 1. The molecule has 28 heavy (non-hydrogen) atoms. The summed E-state index contributed by atoms with van der Waals surface area (Å²) >= 11 is 1.55. The highest BCUT2D eigenvalue weighted by atomic mass is 32.1. The standard InChI is InChI=1S/C22H25N3O2S/c1-16-24-20(15-28-16)13-22(27)25-19-9-7-17(8-10-19)11-12-23-14-21(26)18-5-3-2-4-6-18/h2-10,15,21,23,26H,11-14H2,1H3,(H,25,27). The van der Waals surface area contributed by atoms with Crippen molar-refractivity contribution >= 4 is 22.9 Å². The van der Waals surface area contributed by atoms with Crippen LogP contribution in [0.3, 0.4) is 0 Å². The fourth-order valence-corrected chi connectivity index (χ4v) is 3.49. The molecule has 0 radical (unpaired) electrons. The van der Waals surface area contributed by atoms with E-state index in [2.05, 4.69) is 15.6 Å². The van der Waals surface area contributed by atoms with Crippen molar-refractivity contribution in [1.82, 2.24) is 10.3 Å². The molecule has 0 bridgehead atoms. The molecule has 1 unspecified atom stereocenters. The molecule has 3 N–H and O–H groups in total. The van der Waals surface area contributed by atoms with Crippen LogP contribution in [0.1, 0.15) is 27.9 Å². The molecule has 3 rings (SSSR count). The van der Waals surface area contributed by atoms with Crippen molar-refractivity contribution in [1.29, 1.82) is 0 Å². The number of hydrogen-bond donors (Lipinski definition) is 3. The summed E-state index contributed by atoms with van der Waals surface area (Å²) in [6.07, 6.45) is 0.647. The molecule has 6 heteroatoms. The van der Waals surface area contributed by atoms with E-state index in [1.165, 1.54) is 5.56 Å². The fraction of sp³-hybridized carbons (Fsp3) is 0.273. The lowest BCUT2D eigenvalue weighted by Gasteiger charge is -2.12. The molecule has 1 heterocycles. The summed E-state index contributed by atoms with van der Waals surface area (Å²) in [5.41, 5.74) is 3.69. The Bertz CT molecular complexity index is 878. The third kappa shape index (κ3) is 6.27. The molecule has 1 atom stereocenters. The molecule has 1 aromatic heterocycles. The zero-order valence-electron chi connectivity index (χ0n) is 15.9. The molecule has 0 fully saturated rings. The average Bonchev–Trinajstić information content (AvgIpc) is 3.11. The monoisotopic (exact) mass is 395 g/mol. The molecule has 1 amide bonds. The van der Waals surface area contributed by atoms with Gasteiger partial charge < -0.3 is 15.7 Å². The van der Waals surface area contributed by atoms with Crippen LogP contribution >= 0.6 is 11.3 Å². The van der Waals surface area contributed by atoms with E-state index in [1.54, 1.807) is 11.3 Å². The van der Waals surface area contributed by atoms with E-state index in [0.29, 0.717) is 13.0 Å². The van der Waals surface area contributed by atoms with Crippen LogP contribution in [0.4, 0.5) is 5.69 Å². The number of nitrogens with one attached hydrogen (secondary N) is 2. The Labute approximate surface area is 169 Å². The number of thiazole rings is 1.